The highest BCUT2D eigenvalue weighted by Gasteiger charge is 2.29. The lowest BCUT2D eigenvalue weighted by molar-refractivity contribution is 0.0572. The summed E-state index contributed by atoms with van der Waals surface area (Å²) in [5, 5.41) is 27.7. The Morgan fingerprint density at radius 2 is 1.94 bits per heavy atom. The number of carboxylic acids is 1. The van der Waals surface area contributed by atoms with Crippen LogP contribution in [0.3, 0.4) is 0 Å². The molecule has 1 fully saturated rings. The first-order valence-electron chi connectivity index (χ1n) is 5.47. The minimum atomic E-state index is -0.951. The van der Waals surface area contributed by atoms with Gasteiger partial charge in [0, 0.05) is 19.6 Å². The van der Waals surface area contributed by atoms with E-state index in [1.807, 2.05) is 11.0 Å². The Morgan fingerprint density at radius 3 is 2.53 bits per heavy atom. The summed E-state index contributed by atoms with van der Waals surface area (Å²) in [6.45, 7) is 1.37. The van der Waals surface area contributed by atoms with Gasteiger partial charge in [-0.05, 0) is 17.7 Å². The molecule has 0 aromatic heterocycles. The Bertz CT molecular complexity index is 411. The molecule has 92 valence electrons. The van der Waals surface area contributed by atoms with Gasteiger partial charge in [-0.25, -0.2) is 4.79 Å². The first-order chi connectivity index (χ1) is 8.06. The van der Waals surface area contributed by atoms with Crippen molar-refractivity contribution in [1.29, 1.82) is 0 Å². The lowest BCUT2D eigenvalue weighted by atomic mass is 10.1. The molecule has 1 aliphatic heterocycles. The van der Waals surface area contributed by atoms with Gasteiger partial charge in [-0.1, -0.05) is 12.1 Å². The number of rotatable bonds is 3. The van der Waals surface area contributed by atoms with E-state index in [0.717, 1.165) is 5.56 Å². The molecule has 2 rings (SSSR count). The van der Waals surface area contributed by atoms with Crippen molar-refractivity contribution in [1.82, 2.24) is 4.90 Å². The van der Waals surface area contributed by atoms with Crippen molar-refractivity contribution in [2.24, 2.45) is 0 Å². The summed E-state index contributed by atoms with van der Waals surface area (Å²) in [5.74, 6) is -0.951. The van der Waals surface area contributed by atoms with Gasteiger partial charge >= 0.3 is 5.97 Å². The number of aromatic carboxylic acids is 1. The third-order valence-electron chi connectivity index (χ3n) is 2.91. The molecular formula is C12H15NO4. The van der Waals surface area contributed by atoms with Gasteiger partial charge in [0.2, 0.25) is 0 Å². The third kappa shape index (κ3) is 2.82. The van der Waals surface area contributed by atoms with Crippen molar-refractivity contribution >= 4 is 5.97 Å². The number of hydrogen-bond acceptors (Lipinski definition) is 4. The summed E-state index contributed by atoms with van der Waals surface area (Å²) in [7, 11) is 0. The fourth-order valence-corrected chi connectivity index (χ4v) is 2.04. The lowest BCUT2D eigenvalue weighted by Gasteiger charge is -2.14. The van der Waals surface area contributed by atoms with E-state index in [4.69, 9.17) is 5.11 Å². The van der Waals surface area contributed by atoms with Gasteiger partial charge in [0.1, 0.15) is 0 Å². The van der Waals surface area contributed by atoms with Crippen LogP contribution in [-0.4, -0.2) is 51.5 Å². The van der Waals surface area contributed by atoms with Crippen LogP contribution in [-0.2, 0) is 6.54 Å². The van der Waals surface area contributed by atoms with Gasteiger partial charge in [0.05, 0.1) is 17.8 Å². The molecule has 3 N–H and O–H groups in total. The standard InChI is InChI=1S/C12H15NO4/c14-10-6-13(7-11(10)15)5-8-2-1-3-9(4-8)12(16)17/h1-4,10-11,14-15H,5-7H2,(H,16,17). The highest BCUT2D eigenvalue weighted by molar-refractivity contribution is 5.87. The summed E-state index contributed by atoms with van der Waals surface area (Å²) < 4.78 is 0. The number of nitrogens with zero attached hydrogens (tertiary/aromatic N) is 1. The first-order valence-corrected chi connectivity index (χ1v) is 5.47. The topological polar surface area (TPSA) is 81.0 Å². The van der Waals surface area contributed by atoms with Crippen LogP contribution in [0, 0.1) is 0 Å². The SMILES string of the molecule is O=C(O)c1cccc(CN2CC(O)C(O)C2)c1. The van der Waals surface area contributed by atoms with Gasteiger partial charge in [-0.3, -0.25) is 4.90 Å². The molecule has 1 aromatic carbocycles. The normalized spacial score (nSPS) is 25.1. The summed E-state index contributed by atoms with van der Waals surface area (Å²) in [6, 6.07) is 6.68. The zero-order chi connectivity index (χ0) is 12.4. The van der Waals surface area contributed by atoms with E-state index in [1.54, 1.807) is 18.2 Å². The van der Waals surface area contributed by atoms with Crippen molar-refractivity contribution in [3.8, 4) is 0 Å². The van der Waals surface area contributed by atoms with Crippen LogP contribution in [0.4, 0.5) is 0 Å². The van der Waals surface area contributed by atoms with Crippen LogP contribution >= 0.6 is 0 Å². The predicted octanol–water partition coefficient (Wildman–Crippen LogP) is -0.0778. The summed E-state index contributed by atoms with van der Waals surface area (Å²) in [6.07, 6.45) is -1.42. The van der Waals surface area contributed by atoms with Crippen molar-refractivity contribution < 1.29 is 20.1 Å². The van der Waals surface area contributed by atoms with Gasteiger partial charge in [-0.2, -0.15) is 0 Å². The third-order valence-corrected chi connectivity index (χ3v) is 2.91. The van der Waals surface area contributed by atoms with E-state index in [-0.39, 0.29) is 5.56 Å². The van der Waals surface area contributed by atoms with Gasteiger partial charge in [-0.15, -0.1) is 0 Å². The maximum absolute atomic E-state index is 10.8. The molecule has 17 heavy (non-hydrogen) atoms. The number of hydrogen-bond donors (Lipinski definition) is 3. The molecule has 0 aliphatic carbocycles. The van der Waals surface area contributed by atoms with E-state index in [1.165, 1.54) is 0 Å². The van der Waals surface area contributed by atoms with Crippen molar-refractivity contribution in [3.05, 3.63) is 35.4 Å². The molecule has 5 heteroatoms. The Hall–Kier alpha value is -1.43. The highest BCUT2D eigenvalue weighted by atomic mass is 16.4. The molecule has 0 radical (unpaired) electrons. The zero-order valence-corrected chi connectivity index (χ0v) is 9.28. The molecule has 0 bridgehead atoms. The fraction of sp³-hybridized carbons (Fsp3) is 0.417. The quantitative estimate of drug-likeness (QED) is 0.685. The maximum Gasteiger partial charge on any atom is 0.335 e. The van der Waals surface area contributed by atoms with Crippen LogP contribution in [0.1, 0.15) is 15.9 Å². The molecular weight excluding hydrogens is 222 g/mol. The minimum absolute atomic E-state index is 0.253. The number of carbonyl (C=O) groups is 1. The maximum atomic E-state index is 10.8. The van der Waals surface area contributed by atoms with Crippen molar-refractivity contribution in [3.63, 3.8) is 0 Å². The van der Waals surface area contributed by atoms with Crippen LogP contribution in [0.25, 0.3) is 0 Å². The second kappa shape index (κ2) is 4.83. The van der Waals surface area contributed by atoms with Crippen LogP contribution in [0.2, 0.25) is 0 Å². The minimum Gasteiger partial charge on any atom is -0.478 e. The molecule has 1 aromatic rings. The largest absolute Gasteiger partial charge is 0.478 e. The average Bonchev–Trinajstić information content (AvgIpc) is 2.58. The number of aliphatic hydroxyl groups excluding tert-OH is 2. The number of benzene rings is 1. The summed E-state index contributed by atoms with van der Waals surface area (Å²) >= 11 is 0. The van der Waals surface area contributed by atoms with Gasteiger partial charge in [0.25, 0.3) is 0 Å². The predicted molar refractivity (Wildman–Crippen MR) is 60.7 cm³/mol. The van der Waals surface area contributed by atoms with E-state index < -0.39 is 18.2 Å². The Balaban J connectivity index is 2.04. The monoisotopic (exact) mass is 237 g/mol. The average molecular weight is 237 g/mol. The van der Waals surface area contributed by atoms with E-state index in [9.17, 15) is 15.0 Å². The molecule has 2 atom stereocenters. The Labute approximate surface area is 98.9 Å². The summed E-state index contributed by atoms with van der Waals surface area (Å²) in [5.41, 5.74) is 1.12. The molecule has 1 saturated heterocycles. The molecule has 0 saturated carbocycles. The Kier molecular flexibility index (Phi) is 3.42. The highest BCUT2D eigenvalue weighted by Crippen LogP contribution is 2.15. The Morgan fingerprint density at radius 1 is 1.29 bits per heavy atom. The van der Waals surface area contributed by atoms with Gasteiger partial charge < -0.3 is 15.3 Å². The fourth-order valence-electron chi connectivity index (χ4n) is 2.04. The number of carboxylic acid groups (broad SMARTS) is 1. The molecule has 1 aliphatic rings. The molecule has 2 unspecified atom stereocenters. The van der Waals surface area contributed by atoms with E-state index in [2.05, 4.69) is 0 Å². The number of aliphatic hydroxyl groups is 2. The lowest BCUT2D eigenvalue weighted by Crippen LogP contribution is -2.22. The van der Waals surface area contributed by atoms with E-state index in [0.29, 0.717) is 19.6 Å². The number of likely N-dealkylation sites (tertiary alicyclic amines) is 1. The van der Waals surface area contributed by atoms with E-state index >= 15 is 0 Å². The molecule has 1 heterocycles. The van der Waals surface area contributed by atoms with Crippen molar-refractivity contribution in [2.45, 2.75) is 18.8 Å². The van der Waals surface area contributed by atoms with Crippen LogP contribution < -0.4 is 0 Å². The smallest absolute Gasteiger partial charge is 0.335 e. The second-order valence-corrected chi connectivity index (χ2v) is 4.33. The number of β-amino-alcohol motifs (C(OH)–C–C–N with tert-alkyl or cyclic N) is 2. The summed E-state index contributed by atoms with van der Waals surface area (Å²) in [4.78, 5) is 12.7. The van der Waals surface area contributed by atoms with Crippen LogP contribution in [0.5, 0.6) is 0 Å². The first kappa shape index (κ1) is 12.0. The zero-order valence-electron chi connectivity index (χ0n) is 9.28. The van der Waals surface area contributed by atoms with Crippen LogP contribution in [0.15, 0.2) is 24.3 Å². The van der Waals surface area contributed by atoms with Crippen molar-refractivity contribution in [2.75, 3.05) is 13.1 Å². The molecule has 5 nitrogen and oxygen atoms in total. The molecule has 0 amide bonds. The second-order valence-electron chi connectivity index (χ2n) is 4.33. The molecule has 0 spiro atoms. The van der Waals surface area contributed by atoms with Gasteiger partial charge in [0.15, 0.2) is 0 Å².